The lowest BCUT2D eigenvalue weighted by molar-refractivity contribution is 0.308. The third kappa shape index (κ3) is 5.90. The van der Waals surface area contributed by atoms with Gasteiger partial charge in [0.1, 0.15) is 0 Å². The summed E-state index contributed by atoms with van der Waals surface area (Å²) in [6, 6.07) is 0. The van der Waals surface area contributed by atoms with Crippen LogP contribution < -0.4 is 5.73 Å². The van der Waals surface area contributed by atoms with Crippen molar-refractivity contribution in [3.63, 3.8) is 0 Å². The minimum Gasteiger partial charge on any atom is -0.330 e. The number of hydrogen-bond acceptors (Lipinski definition) is 2. The van der Waals surface area contributed by atoms with Gasteiger partial charge >= 0.3 is 0 Å². The molecule has 0 aromatic heterocycles. The molecule has 64 valence electrons. The first-order valence-corrected chi connectivity index (χ1v) is 4.02. The van der Waals surface area contributed by atoms with Crippen LogP contribution >= 0.6 is 0 Å². The summed E-state index contributed by atoms with van der Waals surface area (Å²) >= 11 is 0. The molecule has 0 amide bonds. The van der Waals surface area contributed by atoms with E-state index >= 15 is 0 Å². The standard InChI is InChI=1S/C9H18N2/c1-4-7-11(3)8-9(2)5-6-10/h1,9H,5-8,10H2,2-3H3. The first kappa shape index (κ1) is 10.5. The van der Waals surface area contributed by atoms with Crippen LogP contribution in [0.3, 0.4) is 0 Å². The van der Waals surface area contributed by atoms with Crippen molar-refractivity contribution in [1.29, 1.82) is 0 Å². The molecule has 0 rings (SSSR count). The van der Waals surface area contributed by atoms with Crippen LogP contribution in [-0.4, -0.2) is 31.6 Å². The summed E-state index contributed by atoms with van der Waals surface area (Å²) in [7, 11) is 2.03. The molecule has 0 aromatic rings. The molecule has 0 aliphatic heterocycles. The Balaban J connectivity index is 3.41. The molecule has 2 heteroatoms. The van der Waals surface area contributed by atoms with Gasteiger partial charge in [0.2, 0.25) is 0 Å². The second kappa shape index (κ2) is 6.21. The van der Waals surface area contributed by atoms with Gasteiger partial charge < -0.3 is 5.73 Å². The summed E-state index contributed by atoms with van der Waals surface area (Å²) < 4.78 is 0. The SMILES string of the molecule is C#CCN(C)CC(C)CCN. The largest absolute Gasteiger partial charge is 0.330 e. The molecule has 0 fully saturated rings. The molecule has 0 bridgehead atoms. The molecule has 2 N–H and O–H groups in total. The third-order valence-corrected chi connectivity index (χ3v) is 1.64. The third-order valence-electron chi connectivity index (χ3n) is 1.64. The predicted octanol–water partition coefficient (Wildman–Crippen LogP) is 0.536. The van der Waals surface area contributed by atoms with E-state index < -0.39 is 0 Å². The van der Waals surface area contributed by atoms with Gasteiger partial charge in [0, 0.05) is 6.54 Å². The van der Waals surface area contributed by atoms with Gasteiger partial charge in [0.15, 0.2) is 0 Å². The average molecular weight is 154 g/mol. The molecule has 0 heterocycles. The molecule has 0 aromatic carbocycles. The lowest BCUT2D eigenvalue weighted by atomic mass is 10.1. The normalized spacial score (nSPS) is 13.0. The van der Waals surface area contributed by atoms with Crippen molar-refractivity contribution < 1.29 is 0 Å². The first-order valence-electron chi connectivity index (χ1n) is 4.02. The minimum atomic E-state index is 0.651. The van der Waals surface area contributed by atoms with Crippen LogP contribution in [0.2, 0.25) is 0 Å². The number of nitrogens with zero attached hydrogens (tertiary/aromatic N) is 1. The summed E-state index contributed by atoms with van der Waals surface area (Å²) in [4.78, 5) is 2.14. The summed E-state index contributed by atoms with van der Waals surface area (Å²) in [6.07, 6.45) is 6.24. The van der Waals surface area contributed by atoms with E-state index in [0.29, 0.717) is 5.92 Å². The Morgan fingerprint density at radius 3 is 2.73 bits per heavy atom. The summed E-state index contributed by atoms with van der Waals surface area (Å²) in [5.41, 5.74) is 5.42. The highest BCUT2D eigenvalue weighted by Crippen LogP contribution is 2.01. The van der Waals surface area contributed by atoms with E-state index in [-0.39, 0.29) is 0 Å². The number of terminal acetylenes is 1. The Morgan fingerprint density at radius 1 is 1.64 bits per heavy atom. The molecule has 0 radical (unpaired) electrons. The van der Waals surface area contributed by atoms with Crippen LogP contribution in [0.15, 0.2) is 0 Å². The van der Waals surface area contributed by atoms with Gasteiger partial charge in [-0.3, -0.25) is 4.90 Å². The van der Waals surface area contributed by atoms with Crippen LogP contribution in [-0.2, 0) is 0 Å². The number of rotatable bonds is 5. The van der Waals surface area contributed by atoms with Crippen molar-refractivity contribution in [3.8, 4) is 12.3 Å². The zero-order valence-corrected chi connectivity index (χ0v) is 7.51. The molecule has 2 nitrogen and oxygen atoms in total. The van der Waals surface area contributed by atoms with Crippen molar-refractivity contribution in [2.45, 2.75) is 13.3 Å². The summed E-state index contributed by atoms with van der Waals surface area (Å²) in [5, 5.41) is 0. The average Bonchev–Trinajstić information content (AvgIpc) is 1.87. The fourth-order valence-electron chi connectivity index (χ4n) is 1.13. The van der Waals surface area contributed by atoms with Gasteiger partial charge in [-0.05, 0) is 25.9 Å². The Hall–Kier alpha value is -0.520. The molecule has 0 saturated carbocycles. The zero-order chi connectivity index (χ0) is 8.69. The Labute approximate surface area is 69.8 Å². The first-order chi connectivity index (χ1) is 5.20. The molecule has 1 atom stereocenters. The smallest absolute Gasteiger partial charge is 0.0596 e. The maximum atomic E-state index is 5.42. The van der Waals surface area contributed by atoms with E-state index in [2.05, 4.69) is 17.7 Å². The Bertz CT molecular complexity index is 126. The van der Waals surface area contributed by atoms with Crippen molar-refractivity contribution in [2.24, 2.45) is 11.7 Å². The lowest BCUT2D eigenvalue weighted by Gasteiger charge is -2.18. The van der Waals surface area contributed by atoms with E-state index in [0.717, 1.165) is 26.1 Å². The Morgan fingerprint density at radius 2 is 2.27 bits per heavy atom. The van der Waals surface area contributed by atoms with Gasteiger partial charge in [-0.2, -0.15) is 0 Å². The highest BCUT2D eigenvalue weighted by Gasteiger charge is 2.03. The highest BCUT2D eigenvalue weighted by molar-refractivity contribution is 4.87. The maximum Gasteiger partial charge on any atom is 0.0596 e. The van der Waals surface area contributed by atoms with Crippen molar-refractivity contribution in [3.05, 3.63) is 0 Å². The van der Waals surface area contributed by atoms with Gasteiger partial charge in [-0.15, -0.1) is 6.42 Å². The van der Waals surface area contributed by atoms with E-state index in [4.69, 9.17) is 12.2 Å². The van der Waals surface area contributed by atoms with Crippen LogP contribution in [0.25, 0.3) is 0 Å². The molecular weight excluding hydrogens is 136 g/mol. The molecule has 11 heavy (non-hydrogen) atoms. The zero-order valence-electron chi connectivity index (χ0n) is 7.51. The number of hydrogen-bond donors (Lipinski definition) is 1. The summed E-state index contributed by atoms with van der Waals surface area (Å²) in [6.45, 7) is 4.74. The summed E-state index contributed by atoms with van der Waals surface area (Å²) in [5.74, 6) is 3.26. The second-order valence-corrected chi connectivity index (χ2v) is 3.08. The van der Waals surface area contributed by atoms with E-state index in [9.17, 15) is 0 Å². The van der Waals surface area contributed by atoms with Crippen LogP contribution in [0.5, 0.6) is 0 Å². The maximum absolute atomic E-state index is 5.42. The predicted molar refractivity (Wildman–Crippen MR) is 49.2 cm³/mol. The van der Waals surface area contributed by atoms with Gasteiger partial charge in [-0.1, -0.05) is 12.8 Å². The fraction of sp³-hybridized carbons (Fsp3) is 0.778. The van der Waals surface area contributed by atoms with E-state index in [1.54, 1.807) is 0 Å². The van der Waals surface area contributed by atoms with Crippen LogP contribution in [0.1, 0.15) is 13.3 Å². The fourth-order valence-corrected chi connectivity index (χ4v) is 1.13. The van der Waals surface area contributed by atoms with Gasteiger partial charge in [-0.25, -0.2) is 0 Å². The van der Waals surface area contributed by atoms with Crippen LogP contribution in [0.4, 0.5) is 0 Å². The van der Waals surface area contributed by atoms with Crippen molar-refractivity contribution in [1.82, 2.24) is 4.90 Å². The molecular formula is C9H18N2. The van der Waals surface area contributed by atoms with Crippen molar-refractivity contribution >= 4 is 0 Å². The quantitative estimate of drug-likeness (QED) is 0.585. The minimum absolute atomic E-state index is 0.651. The molecule has 1 unspecified atom stereocenters. The monoisotopic (exact) mass is 154 g/mol. The van der Waals surface area contributed by atoms with E-state index in [1.807, 2.05) is 7.05 Å². The van der Waals surface area contributed by atoms with Crippen LogP contribution in [0, 0.1) is 18.3 Å². The van der Waals surface area contributed by atoms with Gasteiger partial charge in [0.05, 0.1) is 6.54 Å². The van der Waals surface area contributed by atoms with Crippen molar-refractivity contribution in [2.75, 3.05) is 26.7 Å². The second-order valence-electron chi connectivity index (χ2n) is 3.08. The lowest BCUT2D eigenvalue weighted by Crippen LogP contribution is -2.25. The molecule has 0 aliphatic rings. The molecule has 0 saturated heterocycles. The highest BCUT2D eigenvalue weighted by atomic mass is 15.1. The van der Waals surface area contributed by atoms with E-state index in [1.165, 1.54) is 0 Å². The topological polar surface area (TPSA) is 29.3 Å². The molecule has 0 aliphatic carbocycles. The number of nitrogens with two attached hydrogens (primary N) is 1. The Kier molecular flexibility index (Phi) is 5.91. The van der Waals surface area contributed by atoms with Gasteiger partial charge in [0.25, 0.3) is 0 Å². The molecule has 0 spiro atoms.